The number of amides is 1. The Morgan fingerprint density at radius 3 is 2.42 bits per heavy atom. The molecule has 1 aromatic carbocycles. The quantitative estimate of drug-likeness (QED) is 0.493. The van der Waals surface area contributed by atoms with Gasteiger partial charge in [-0.3, -0.25) is 4.79 Å². The van der Waals surface area contributed by atoms with Crippen LogP contribution >= 0.6 is 0 Å². The highest BCUT2D eigenvalue weighted by molar-refractivity contribution is 7.89. The number of nitrogens with one attached hydrogen (secondary N) is 1. The maximum atomic E-state index is 13.2. The van der Waals surface area contributed by atoms with Crippen molar-refractivity contribution < 1.29 is 30.8 Å². The van der Waals surface area contributed by atoms with E-state index in [1.54, 1.807) is 0 Å². The Hall–Kier alpha value is -3.52. The summed E-state index contributed by atoms with van der Waals surface area (Å²) in [6, 6.07) is 4.86. The second kappa shape index (κ2) is 9.85. The molecule has 0 bridgehead atoms. The molecule has 14 heteroatoms. The molecule has 1 N–H and O–H groups in total. The van der Waals surface area contributed by atoms with E-state index in [4.69, 9.17) is 0 Å². The molecule has 0 spiro atoms. The van der Waals surface area contributed by atoms with E-state index in [2.05, 4.69) is 25.3 Å². The van der Waals surface area contributed by atoms with Crippen molar-refractivity contribution in [3.05, 3.63) is 66.4 Å². The van der Waals surface area contributed by atoms with Gasteiger partial charge in [0, 0.05) is 24.5 Å². The molecule has 3 heterocycles. The molecule has 3 aromatic rings. The number of hydrogen-bond acceptors (Lipinski definition) is 7. The fourth-order valence-electron chi connectivity index (χ4n) is 3.81. The zero-order valence-electron chi connectivity index (χ0n) is 18.8. The molecule has 4 rings (SSSR count). The van der Waals surface area contributed by atoms with Gasteiger partial charge in [0.15, 0.2) is 0 Å². The summed E-state index contributed by atoms with van der Waals surface area (Å²) in [5, 5.41) is 2.66. The molecule has 1 fully saturated rings. The standard InChI is InChI=1S/C22H20F4N6O3S/c1-13-6-19(32(11-13)36(34,35)17-4-2-15(23)3-5-17)20(33)27-10-16-7-18(31-12-30-16)14-8-28-21(29-9-14)22(24,25)26/h2-5,7-9,12-13,19H,6,10-11H2,1H3,(H,27,33)/t13?,19-/m0/s1. The minimum Gasteiger partial charge on any atom is -0.349 e. The minimum absolute atomic E-state index is 0.0782. The predicted octanol–water partition coefficient (Wildman–Crippen LogP) is 2.81. The van der Waals surface area contributed by atoms with E-state index in [-0.39, 0.29) is 35.2 Å². The first-order chi connectivity index (χ1) is 16.9. The van der Waals surface area contributed by atoms with Crippen LogP contribution in [0.4, 0.5) is 17.6 Å². The normalized spacial score (nSPS) is 18.8. The number of rotatable bonds is 6. The van der Waals surface area contributed by atoms with Gasteiger partial charge in [-0.15, -0.1) is 0 Å². The third kappa shape index (κ3) is 5.49. The van der Waals surface area contributed by atoms with Gasteiger partial charge in [-0.1, -0.05) is 6.92 Å². The van der Waals surface area contributed by atoms with Gasteiger partial charge in [-0.2, -0.15) is 17.5 Å². The zero-order chi connectivity index (χ0) is 26.1. The van der Waals surface area contributed by atoms with Crippen LogP contribution in [0, 0.1) is 11.7 Å². The van der Waals surface area contributed by atoms with Crippen molar-refractivity contribution in [3.8, 4) is 11.3 Å². The van der Waals surface area contributed by atoms with E-state index in [1.807, 2.05) is 6.92 Å². The summed E-state index contributed by atoms with van der Waals surface area (Å²) in [7, 11) is -4.04. The second-order valence-corrected chi connectivity index (χ2v) is 10.2. The van der Waals surface area contributed by atoms with Crippen molar-refractivity contribution in [3.63, 3.8) is 0 Å². The molecule has 2 aromatic heterocycles. The summed E-state index contributed by atoms with van der Waals surface area (Å²) in [6.07, 6.45) is -1.23. The zero-order valence-corrected chi connectivity index (χ0v) is 19.6. The lowest BCUT2D eigenvalue weighted by Gasteiger charge is -2.23. The summed E-state index contributed by atoms with van der Waals surface area (Å²) in [4.78, 5) is 27.5. The van der Waals surface area contributed by atoms with Crippen LogP contribution in [0.25, 0.3) is 11.3 Å². The number of carbonyl (C=O) groups is 1. The van der Waals surface area contributed by atoms with E-state index in [0.29, 0.717) is 12.1 Å². The van der Waals surface area contributed by atoms with E-state index in [9.17, 15) is 30.8 Å². The number of nitrogens with zero attached hydrogens (tertiary/aromatic N) is 5. The lowest BCUT2D eigenvalue weighted by atomic mass is 10.1. The smallest absolute Gasteiger partial charge is 0.349 e. The minimum atomic E-state index is -4.67. The molecule has 1 unspecified atom stereocenters. The molecule has 1 aliphatic heterocycles. The van der Waals surface area contributed by atoms with Gasteiger partial charge in [0.2, 0.25) is 21.8 Å². The van der Waals surface area contributed by atoms with Crippen molar-refractivity contribution >= 4 is 15.9 Å². The predicted molar refractivity (Wildman–Crippen MR) is 118 cm³/mol. The summed E-state index contributed by atoms with van der Waals surface area (Å²) in [5.41, 5.74) is 0.810. The largest absolute Gasteiger partial charge is 0.451 e. The number of halogens is 4. The van der Waals surface area contributed by atoms with Gasteiger partial charge in [-0.05, 0) is 42.7 Å². The van der Waals surface area contributed by atoms with Crippen LogP contribution in [0.15, 0.2) is 53.9 Å². The Morgan fingerprint density at radius 1 is 1.11 bits per heavy atom. The average Bonchev–Trinajstić information content (AvgIpc) is 3.25. The van der Waals surface area contributed by atoms with Crippen molar-refractivity contribution in [2.75, 3.05) is 6.54 Å². The molecule has 0 radical (unpaired) electrons. The summed E-state index contributed by atoms with van der Waals surface area (Å²) in [5.74, 6) is -2.48. The lowest BCUT2D eigenvalue weighted by molar-refractivity contribution is -0.145. The van der Waals surface area contributed by atoms with Gasteiger partial charge in [0.05, 0.1) is 22.8 Å². The van der Waals surface area contributed by atoms with Crippen LogP contribution in [0.3, 0.4) is 0 Å². The van der Waals surface area contributed by atoms with E-state index < -0.39 is 39.8 Å². The average molecular weight is 525 g/mol. The number of carbonyl (C=O) groups excluding carboxylic acids is 1. The van der Waals surface area contributed by atoms with Crippen molar-refractivity contribution in [2.45, 2.75) is 37.0 Å². The first-order valence-corrected chi connectivity index (χ1v) is 12.1. The van der Waals surface area contributed by atoms with Gasteiger partial charge >= 0.3 is 6.18 Å². The maximum Gasteiger partial charge on any atom is 0.451 e. The van der Waals surface area contributed by atoms with Crippen molar-refractivity contribution in [1.29, 1.82) is 0 Å². The Labute approximate surface area is 203 Å². The highest BCUT2D eigenvalue weighted by atomic mass is 32.2. The molecule has 2 atom stereocenters. The molecular formula is C22H20F4N6O3S. The number of benzene rings is 1. The highest BCUT2D eigenvalue weighted by Crippen LogP contribution is 2.30. The van der Waals surface area contributed by atoms with Gasteiger partial charge < -0.3 is 5.32 Å². The summed E-state index contributed by atoms with van der Waals surface area (Å²) < 4.78 is 78.6. The van der Waals surface area contributed by atoms with Gasteiger partial charge in [0.25, 0.3) is 0 Å². The van der Waals surface area contributed by atoms with Crippen LogP contribution in [0.2, 0.25) is 0 Å². The lowest BCUT2D eigenvalue weighted by Crippen LogP contribution is -2.45. The van der Waals surface area contributed by atoms with Gasteiger partial charge in [0.1, 0.15) is 18.2 Å². The molecule has 1 amide bonds. The van der Waals surface area contributed by atoms with E-state index in [1.165, 1.54) is 12.4 Å². The molecular weight excluding hydrogens is 504 g/mol. The molecule has 9 nitrogen and oxygen atoms in total. The van der Waals surface area contributed by atoms with Crippen LogP contribution in [0.1, 0.15) is 24.9 Å². The fraction of sp³-hybridized carbons (Fsp3) is 0.318. The molecule has 0 saturated carbocycles. The van der Waals surface area contributed by atoms with Crippen LogP contribution in [0.5, 0.6) is 0 Å². The number of aromatic nitrogens is 4. The van der Waals surface area contributed by atoms with Gasteiger partial charge in [-0.25, -0.2) is 32.7 Å². The van der Waals surface area contributed by atoms with Crippen LogP contribution < -0.4 is 5.32 Å². The first kappa shape index (κ1) is 25.6. The SMILES string of the molecule is CC1C[C@@H](C(=O)NCc2cc(-c3cnc(C(F)(F)F)nc3)ncn2)N(S(=O)(=O)c2ccc(F)cc2)C1. The summed E-state index contributed by atoms with van der Waals surface area (Å²) >= 11 is 0. The second-order valence-electron chi connectivity index (χ2n) is 8.29. The first-order valence-electron chi connectivity index (χ1n) is 10.7. The molecule has 190 valence electrons. The van der Waals surface area contributed by atoms with E-state index >= 15 is 0 Å². The maximum absolute atomic E-state index is 13.2. The Kier molecular flexibility index (Phi) is 7.00. The van der Waals surface area contributed by atoms with E-state index in [0.717, 1.165) is 41.0 Å². The monoisotopic (exact) mass is 524 g/mol. The van der Waals surface area contributed by atoms with Crippen molar-refractivity contribution in [2.24, 2.45) is 5.92 Å². The third-order valence-corrected chi connectivity index (χ3v) is 7.45. The number of hydrogen-bond donors (Lipinski definition) is 1. The number of alkyl halides is 3. The molecule has 36 heavy (non-hydrogen) atoms. The Balaban J connectivity index is 1.46. The summed E-state index contributed by atoms with van der Waals surface area (Å²) in [6.45, 7) is 1.87. The molecule has 1 aliphatic rings. The highest BCUT2D eigenvalue weighted by Gasteiger charge is 2.42. The fourth-order valence-corrected chi connectivity index (χ4v) is 5.53. The van der Waals surface area contributed by atoms with Crippen LogP contribution in [-0.2, 0) is 27.5 Å². The molecule has 0 aliphatic carbocycles. The number of sulfonamides is 1. The molecule has 1 saturated heterocycles. The topological polar surface area (TPSA) is 118 Å². The Bertz CT molecular complexity index is 1350. The van der Waals surface area contributed by atoms with Crippen LogP contribution in [-0.4, -0.2) is 51.2 Å². The Morgan fingerprint density at radius 2 is 1.78 bits per heavy atom. The third-order valence-electron chi connectivity index (χ3n) is 5.56. The van der Waals surface area contributed by atoms with Crippen molar-refractivity contribution in [1.82, 2.24) is 29.6 Å².